The summed E-state index contributed by atoms with van der Waals surface area (Å²) in [7, 11) is 0. The van der Waals surface area contributed by atoms with Gasteiger partial charge >= 0.3 is 0 Å². The minimum absolute atomic E-state index is 0.256. The van der Waals surface area contributed by atoms with Crippen molar-refractivity contribution in [3.8, 4) is 0 Å². The van der Waals surface area contributed by atoms with Crippen molar-refractivity contribution in [2.45, 2.75) is 25.4 Å². The van der Waals surface area contributed by atoms with Gasteiger partial charge < -0.3 is 0 Å². The van der Waals surface area contributed by atoms with Crippen LogP contribution in [0.15, 0.2) is 54.6 Å². The van der Waals surface area contributed by atoms with E-state index < -0.39 is 0 Å². The van der Waals surface area contributed by atoms with E-state index in [0.717, 1.165) is 17.5 Å². The van der Waals surface area contributed by atoms with Crippen LogP contribution in [0.25, 0.3) is 32.3 Å². The van der Waals surface area contributed by atoms with Gasteiger partial charge in [0, 0.05) is 18.7 Å². The molecule has 2 heterocycles. The molecule has 1 unspecified atom stereocenters. The Bertz CT molecular complexity index is 1180. The Kier molecular flexibility index (Phi) is 3.68. The number of hydrogen-bond donors (Lipinski definition) is 0. The third-order valence-corrected chi connectivity index (χ3v) is 6.82. The van der Waals surface area contributed by atoms with Crippen LogP contribution in [0, 0.1) is 0 Å². The predicted octanol–water partition coefficient (Wildman–Crippen LogP) is 4.89. The summed E-state index contributed by atoms with van der Waals surface area (Å²) in [5.41, 5.74) is 0.876. The van der Waals surface area contributed by atoms with E-state index in [2.05, 4.69) is 58.3 Å². The number of nitrogens with zero attached hydrogens (tertiary/aromatic N) is 2. The molecule has 0 aliphatic carbocycles. The highest BCUT2D eigenvalue weighted by atomic mass is 16.1. The fourth-order valence-corrected chi connectivity index (χ4v) is 5.54. The molecule has 0 N–H and O–H groups in total. The van der Waals surface area contributed by atoms with Gasteiger partial charge in [-0.1, -0.05) is 54.6 Å². The van der Waals surface area contributed by atoms with Crippen LogP contribution >= 0.6 is 0 Å². The van der Waals surface area contributed by atoms with Gasteiger partial charge in [0.1, 0.15) is 0 Å². The molecule has 0 spiro atoms. The van der Waals surface area contributed by atoms with Crippen LogP contribution in [-0.2, 0) is 0 Å². The van der Waals surface area contributed by atoms with Crippen LogP contribution in [0.1, 0.15) is 29.6 Å². The van der Waals surface area contributed by atoms with E-state index in [1.54, 1.807) is 0 Å². The van der Waals surface area contributed by atoms with Crippen molar-refractivity contribution in [3.05, 3.63) is 60.2 Å². The Morgan fingerprint density at radius 3 is 2.39 bits per heavy atom. The molecule has 140 valence electrons. The third kappa shape index (κ3) is 2.40. The van der Waals surface area contributed by atoms with Gasteiger partial charge in [0.05, 0.1) is 12.7 Å². The summed E-state index contributed by atoms with van der Waals surface area (Å²) >= 11 is 0. The van der Waals surface area contributed by atoms with Crippen molar-refractivity contribution >= 4 is 38.1 Å². The van der Waals surface area contributed by atoms with Crippen LogP contribution in [-0.4, -0.2) is 47.9 Å². The SMILES string of the molecule is O=C(CN1CCCN2CCCC21)c1ccc2ccc3cccc4ccc1c2c34. The number of benzene rings is 4. The second kappa shape index (κ2) is 6.26. The minimum atomic E-state index is 0.256. The van der Waals surface area contributed by atoms with Crippen molar-refractivity contribution < 1.29 is 4.79 Å². The zero-order valence-electron chi connectivity index (χ0n) is 16.0. The molecule has 3 nitrogen and oxygen atoms in total. The second-order valence-electron chi connectivity index (χ2n) is 8.38. The van der Waals surface area contributed by atoms with Crippen LogP contribution < -0.4 is 0 Å². The number of hydrogen-bond acceptors (Lipinski definition) is 3. The topological polar surface area (TPSA) is 23.6 Å². The fraction of sp³-hybridized carbons (Fsp3) is 0.320. The lowest BCUT2D eigenvalue weighted by Gasteiger charge is -2.39. The molecule has 4 aromatic carbocycles. The number of rotatable bonds is 3. The number of carbonyl (C=O) groups is 1. The second-order valence-corrected chi connectivity index (χ2v) is 8.38. The Hall–Kier alpha value is -2.49. The molecule has 0 amide bonds. The molecule has 0 saturated carbocycles. The highest BCUT2D eigenvalue weighted by Gasteiger charge is 2.33. The maximum absolute atomic E-state index is 13.4. The molecule has 3 heteroatoms. The monoisotopic (exact) mass is 368 g/mol. The summed E-state index contributed by atoms with van der Waals surface area (Å²) in [6.45, 7) is 3.95. The first-order chi connectivity index (χ1) is 13.8. The first-order valence-electron chi connectivity index (χ1n) is 10.5. The summed E-state index contributed by atoms with van der Waals surface area (Å²) < 4.78 is 0. The molecular weight excluding hydrogens is 344 g/mol. The van der Waals surface area contributed by atoms with Crippen molar-refractivity contribution in [3.63, 3.8) is 0 Å². The quantitative estimate of drug-likeness (QED) is 0.380. The van der Waals surface area contributed by atoms with Gasteiger partial charge in [-0.25, -0.2) is 0 Å². The first-order valence-corrected chi connectivity index (χ1v) is 10.5. The molecule has 0 bridgehead atoms. The molecular formula is C25H24N2O. The van der Waals surface area contributed by atoms with Crippen LogP contribution in [0.3, 0.4) is 0 Å². The summed E-state index contributed by atoms with van der Waals surface area (Å²) in [6, 6.07) is 19.3. The van der Waals surface area contributed by atoms with Crippen LogP contribution in [0.4, 0.5) is 0 Å². The van der Waals surface area contributed by atoms with E-state index >= 15 is 0 Å². The average molecular weight is 368 g/mol. The standard InChI is InChI=1S/C25H24N2O/c28-22(16-27-15-3-14-26-13-2-6-23(26)27)20-11-9-19-8-7-17-4-1-5-18-10-12-21(20)25(19)24(17)18/h1,4-5,7-12,23H,2-3,6,13-16H2. The predicted molar refractivity (Wildman–Crippen MR) is 115 cm³/mol. The minimum Gasteiger partial charge on any atom is -0.293 e. The average Bonchev–Trinajstić information content (AvgIpc) is 3.22. The largest absolute Gasteiger partial charge is 0.293 e. The zero-order chi connectivity index (χ0) is 18.7. The molecule has 0 radical (unpaired) electrons. The van der Waals surface area contributed by atoms with E-state index in [1.165, 1.54) is 59.3 Å². The van der Waals surface area contributed by atoms with E-state index in [0.29, 0.717) is 12.7 Å². The maximum Gasteiger partial charge on any atom is 0.177 e. The molecule has 4 aromatic rings. The summed E-state index contributed by atoms with van der Waals surface area (Å²) in [5, 5.41) is 7.34. The van der Waals surface area contributed by atoms with Crippen molar-refractivity contribution in [1.82, 2.24) is 9.80 Å². The highest BCUT2D eigenvalue weighted by molar-refractivity contribution is 6.26. The Morgan fingerprint density at radius 1 is 0.821 bits per heavy atom. The number of ketones is 1. The number of carbonyl (C=O) groups excluding carboxylic acids is 1. The molecule has 2 aliphatic heterocycles. The Labute approximate surface area is 164 Å². The van der Waals surface area contributed by atoms with Gasteiger partial charge in [-0.15, -0.1) is 0 Å². The molecule has 2 fully saturated rings. The lowest BCUT2D eigenvalue weighted by molar-refractivity contribution is 0.0339. The van der Waals surface area contributed by atoms with Gasteiger partial charge in [-0.3, -0.25) is 14.6 Å². The molecule has 2 saturated heterocycles. The first kappa shape index (κ1) is 16.5. The van der Waals surface area contributed by atoms with E-state index in [1.807, 2.05) is 6.07 Å². The van der Waals surface area contributed by atoms with Gasteiger partial charge in [0.15, 0.2) is 5.78 Å². The number of fused-ring (bicyclic) bond motifs is 1. The van der Waals surface area contributed by atoms with Crippen molar-refractivity contribution in [2.75, 3.05) is 26.2 Å². The van der Waals surface area contributed by atoms with Crippen LogP contribution in [0.2, 0.25) is 0 Å². The van der Waals surface area contributed by atoms with Gasteiger partial charge in [0.2, 0.25) is 0 Å². The molecule has 1 atom stereocenters. The smallest absolute Gasteiger partial charge is 0.177 e. The zero-order valence-corrected chi connectivity index (χ0v) is 16.0. The lowest BCUT2D eigenvalue weighted by atomic mass is 9.91. The summed E-state index contributed by atoms with van der Waals surface area (Å²) in [4.78, 5) is 18.4. The summed E-state index contributed by atoms with van der Waals surface area (Å²) in [5.74, 6) is 0.256. The van der Waals surface area contributed by atoms with E-state index in [-0.39, 0.29) is 5.78 Å². The Morgan fingerprint density at radius 2 is 1.54 bits per heavy atom. The molecule has 28 heavy (non-hydrogen) atoms. The summed E-state index contributed by atoms with van der Waals surface area (Å²) in [6.07, 6.45) is 4.10. The molecule has 6 rings (SSSR count). The normalized spacial score (nSPS) is 21.1. The van der Waals surface area contributed by atoms with Crippen molar-refractivity contribution in [1.29, 1.82) is 0 Å². The lowest BCUT2D eigenvalue weighted by Crippen LogP contribution is -2.51. The van der Waals surface area contributed by atoms with E-state index in [4.69, 9.17) is 0 Å². The maximum atomic E-state index is 13.4. The molecule has 0 aromatic heterocycles. The van der Waals surface area contributed by atoms with Crippen LogP contribution in [0.5, 0.6) is 0 Å². The Balaban J connectivity index is 1.44. The number of Topliss-reactive ketones (excluding diaryl/α,β-unsaturated/α-hetero) is 1. The van der Waals surface area contributed by atoms with E-state index in [9.17, 15) is 4.79 Å². The van der Waals surface area contributed by atoms with Gasteiger partial charge in [-0.05, 0) is 58.1 Å². The van der Waals surface area contributed by atoms with Gasteiger partial charge in [-0.2, -0.15) is 0 Å². The third-order valence-electron chi connectivity index (χ3n) is 6.82. The molecule has 2 aliphatic rings. The van der Waals surface area contributed by atoms with Crippen molar-refractivity contribution in [2.24, 2.45) is 0 Å². The highest BCUT2D eigenvalue weighted by Crippen LogP contribution is 2.36. The fourth-order valence-electron chi connectivity index (χ4n) is 5.54. The van der Waals surface area contributed by atoms with Gasteiger partial charge in [0.25, 0.3) is 0 Å².